The lowest BCUT2D eigenvalue weighted by Crippen LogP contribution is -2.22. The van der Waals surface area contributed by atoms with Crippen molar-refractivity contribution in [2.75, 3.05) is 4.72 Å². The summed E-state index contributed by atoms with van der Waals surface area (Å²) in [5, 5.41) is 4.88. The number of nitrogens with one attached hydrogen (secondary N) is 1. The Morgan fingerprint density at radius 1 is 1.33 bits per heavy atom. The summed E-state index contributed by atoms with van der Waals surface area (Å²) in [7, 11) is -3.85. The van der Waals surface area contributed by atoms with E-state index < -0.39 is 14.1 Å². The maximum atomic E-state index is 13.1. The number of thioether (sulfide) groups is 1. The highest BCUT2D eigenvalue weighted by Crippen LogP contribution is 2.43. The van der Waals surface area contributed by atoms with Crippen molar-refractivity contribution >= 4 is 50.9 Å². The third kappa shape index (κ3) is 4.81. The van der Waals surface area contributed by atoms with Crippen molar-refractivity contribution in [1.29, 1.82) is 0 Å². The Balaban J connectivity index is 3.13. The van der Waals surface area contributed by atoms with Gasteiger partial charge in [0, 0.05) is 4.90 Å². The molecule has 0 aliphatic carbocycles. The number of benzene rings is 1. The van der Waals surface area contributed by atoms with Gasteiger partial charge >= 0.3 is 3.92 Å². The molecule has 0 fully saturated rings. The van der Waals surface area contributed by atoms with Gasteiger partial charge in [-0.25, -0.2) is 5.14 Å². The highest BCUT2D eigenvalue weighted by Gasteiger charge is 2.25. The second kappa shape index (κ2) is 5.42. The molecule has 1 rings (SSSR count). The highest BCUT2D eigenvalue weighted by molar-refractivity contribution is 8.03. The SMILES string of the molecule is Cc1c(NS(N)(=O)=O)ccc(SC(F)(Cl)Cl)c1C. The maximum Gasteiger partial charge on any atom is 0.309 e. The normalized spacial score (nSPS) is 12.6. The molecule has 0 amide bonds. The van der Waals surface area contributed by atoms with Crippen molar-refractivity contribution in [2.24, 2.45) is 5.14 Å². The minimum absolute atomic E-state index is 0.327. The summed E-state index contributed by atoms with van der Waals surface area (Å²) in [6.45, 7) is 3.38. The molecular formula is C9H11Cl2FN2O2S2. The number of halogens is 3. The standard InChI is InChI=1S/C9H11Cl2FN2O2S2/c1-5-6(2)8(17-9(10,11)12)4-3-7(5)14-18(13,15)16/h3-4,14H,1-2H3,(H2,13,15,16). The van der Waals surface area contributed by atoms with E-state index in [1.54, 1.807) is 13.8 Å². The van der Waals surface area contributed by atoms with E-state index in [2.05, 4.69) is 4.72 Å². The van der Waals surface area contributed by atoms with E-state index in [9.17, 15) is 12.8 Å². The number of hydrogen-bond acceptors (Lipinski definition) is 3. The van der Waals surface area contributed by atoms with Crippen LogP contribution in [0, 0.1) is 13.8 Å². The van der Waals surface area contributed by atoms with Crippen LogP contribution in [0.2, 0.25) is 0 Å². The predicted octanol–water partition coefficient (Wildman–Crippen LogP) is 3.07. The summed E-state index contributed by atoms with van der Waals surface area (Å²) >= 11 is 11.2. The molecule has 0 spiro atoms. The molecule has 0 aromatic heterocycles. The Bertz CT molecular complexity index is 558. The maximum absolute atomic E-state index is 13.1. The summed E-state index contributed by atoms with van der Waals surface area (Å²) in [5.41, 5.74) is 1.61. The van der Waals surface area contributed by atoms with Crippen LogP contribution in [0.25, 0.3) is 0 Å². The first kappa shape index (κ1) is 15.8. The smallest absolute Gasteiger partial charge is 0.271 e. The van der Waals surface area contributed by atoms with E-state index in [-0.39, 0.29) is 0 Å². The minimum Gasteiger partial charge on any atom is -0.271 e. The van der Waals surface area contributed by atoms with Crippen LogP contribution in [0.5, 0.6) is 0 Å². The molecular weight excluding hydrogens is 322 g/mol. The van der Waals surface area contributed by atoms with Crippen molar-refractivity contribution in [1.82, 2.24) is 0 Å². The van der Waals surface area contributed by atoms with Gasteiger partial charge in [0.2, 0.25) is 0 Å². The second-order valence-electron chi connectivity index (χ2n) is 3.56. The van der Waals surface area contributed by atoms with Gasteiger partial charge in [0.05, 0.1) is 5.69 Å². The molecule has 0 radical (unpaired) electrons. The van der Waals surface area contributed by atoms with Crippen molar-refractivity contribution in [3.63, 3.8) is 0 Å². The molecule has 0 saturated heterocycles. The first-order valence-corrected chi connectivity index (χ1v) is 7.78. The Morgan fingerprint density at radius 3 is 2.33 bits per heavy atom. The van der Waals surface area contributed by atoms with Gasteiger partial charge in [0.15, 0.2) is 0 Å². The highest BCUT2D eigenvalue weighted by atomic mass is 35.5. The molecule has 4 nitrogen and oxygen atoms in total. The van der Waals surface area contributed by atoms with Crippen molar-refractivity contribution in [3.05, 3.63) is 23.3 Å². The van der Waals surface area contributed by atoms with E-state index >= 15 is 0 Å². The summed E-state index contributed by atoms with van der Waals surface area (Å²) < 4.78 is 34.7. The zero-order valence-electron chi connectivity index (χ0n) is 9.50. The number of anilines is 1. The van der Waals surface area contributed by atoms with Crippen LogP contribution < -0.4 is 9.86 Å². The van der Waals surface area contributed by atoms with Gasteiger partial charge in [-0.3, -0.25) is 4.72 Å². The summed E-state index contributed by atoms with van der Waals surface area (Å²) in [5.74, 6) is 0. The first-order valence-electron chi connectivity index (χ1n) is 4.66. The van der Waals surface area contributed by atoms with E-state index in [1.807, 2.05) is 0 Å². The van der Waals surface area contributed by atoms with Gasteiger partial charge in [0.25, 0.3) is 10.2 Å². The van der Waals surface area contributed by atoms with Gasteiger partial charge in [-0.15, -0.1) is 0 Å². The fourth-order valence-corrected chi connectivity index (χ4v) is 3.01. The van der Waals surface area contributed by atoms with Crippen LogP contribution in [0.1, 0.15) is 11.1 Å². The molecule has 0 aliphatic heterocycles. The Labute approximate surface area is 119 Å². The van der Waals surface area contributed by atoms with Crippen molar-refractivity contribution in [2.45, 2.75) is 22.7 Å². The number of alkyl halides is 3. The fraction of sp³-hybridized carbons (Fsp3) is 0.333. The Morgan fingerprint density at radius 2 is 1.89 bits per heavy atom. The molecule has 0 atom stereocenters. The second-order valence-corrected chi connectivity index (χ2v) is 7.74. The minimum atomic E-state index is -3.85. The summed E-state index contributed by atoms with van der Waals surface area (Å²) in [4.78, 5) is 0.514. The summed E-state index contributed by atoms with van der Waals surface area (Å²) in [6, 6.07) is 2.98. The first-order chi connectivity index (χ1) is 7.99. The Hall–Kier alpha value is -0.210. The van der Waals surface area contributed by atoms with Crippen molar-refractivity contribution in [3.8, 4) is 0 Å². The van der Waals surface area contributed by atoms with Gasteiger partial charge in [-0.1, -0.05) is 35.0 Å². The zero-order chi connectivity index (χ0) is 14.1. The number of hydrogen-bond donors (Lipinski definition) is 2. The quantitative estimate of drug-likeness (QED) is 0.657. The molecule has 9 heteroatoms. The molecule has 0 saturated carbocycles. The predicted molar refractivity (Wildman–Crippen MR) is 74.0 cm³/mol. The van der Waals surface area contributed by atoms with Gasteiger partial charge in [-0.2, -0.15) is 12.8 Å². The lowest BCUT2D eigenvalue weighted by atomic mass is 10.1. The fourth-order valence-electron chi connectivity index (χ4n) is 1.29. The molecule has 0 unspecified atom stereocenters. The molecule has 3 N–H and O–H groups in total. The zero-order valence-corrected chi connectivity index (χ0v) is 12.6. The van der Waals surface area contributed by atoms with Crippen LogP contribution in [-0.2, 0) is 10.2 Å². The van der Waals surface area contributed by atoms with Crippen LogP contribution in [0.15, 0.2) is 17.0 Å². The number of rotatable bonds is 4. The largest absolute Gasteiger partial charge is 0.309 e. The monoisotopic (exact) mass is 332 g/mol. The van der Waals surface area contributed by atoms with E-state index in [0.29, 0.717) is 33.5 Å². The molecule has 0 aliphatic rings. The van der Waals surface area contributed by atoms with E-state index in [4.69, 9.17) is 28.3 Å². The van der Waals surface area contributed by atoms with Crippen LogP contribution >= 0.6 is 35.0 Å². The van der Waals surface area contributed by atoms with Crippen LogP contribution in [0.3, 0.4) is 0 Å². The van der Waals surface area contributed by atoms with E-state index in [0.717, 1.165) is 0 Å². The van der Waals surface area contributed by atoms with Crippen LogP contribution in [0.4, 0.5) is 10.1 Å². The van der Waals surface area contributed by atoms with E-state index in [1.165, 1.54) is 12.1 Å². The molecule has 0 heterocycles. The van der Waals surface area contributed by atoms with Gasteiger partial charge in [0.1, 0.15) is 0 Å². The average molecular weight is 333 g/mol. The molecule has 1 aromatic rings. The molecule has 1 aromatic carbocycles. The Kier molecular flexibility index (Phi) is 4.77. The van der Waals surface area contributed by atoms with Gasteiger partial charge in [-0.05, 0) is 37.1 Å². The number of nitrogens with two attached hydrogens (primary N) is 1. The lowest BCUT2D eigenvalue weighted by Gasteiger charge is -2.15. The molecule has 102 valence electrons. The summed E-state index contributed by atoms with van der Waals surface area (Å²) in [6.07, 6.45) is 0. The lowest BCUT2D eigenvalue weighted by molar-refractivity contribution is 0.515. The molecule has 0 bridgehead atoms. The van der Waals surface area contributed by atoms with Crippen molar-refractivity contribution < 1.29 is 12.8 Å². The topological polar surface area (TPSA) is 72.2 Å². The molecule has 18 heavy (non-hydrogen) atoms. The third-order valence-electron chi connectivity index (χ3n) is 2.22. The van der Waals surface area contributed by atoms with Crippen LogP contribution in [-0.4, -0.2) is 12.3 Å². The third-order valence-corrected chi connectivity index (χ3v) is 4.08. The van der Waals surface area contributed by atoms with Gasteiger partial charge < -0.3 is 0 Å². The average Bonchev–Trinajstić information content (AvgIpc) is 2.14.